The van der Waals surface area contributed by atoms with E-state index in [1.165, 1.54) is 12.8 Å². The smallest absolute Gasteiger partial charge is 0.130 e. The molecule has 0 aliphatic rings. The van der Waals surface area contributed by atoms with E-state index in [0.29, 0.717) is 0 Å². The molecule has 0 fully saturated rings. The van der Waals surface area contributed by atoms with Crippen molar-refractivity contribution in [1.82, 2.24) is 0 Å². The summed E-state index contributed by atoms with van der Waals surface area (Å²) in [6.45, 7) is 9.86. The molecular formula is C12H24O2. The second-order valence-electron chi connectivity index (χ2n) is 3.52. The van der Waals surface area contributed by atoms with Crippen LogP contribution in [0, 0.1) is 0 Å². The van der Waals surface area contributed by atoms with Gasteiger partial charge in [0.2, 0.25) is 0 Å². The van der Waals surface area contributed by atoms with Gasteiger partial charge in [-0.3, -0.25) is 0 Å². The fraction of sp³-hybridized carbons (Fsp3) is 0.833. The Bertz CT molecular complexity index is 144. The Balaban J connectivity index is 3.66. The quantitative estimate of drug-likeness (QED) is 0.437. The number of unbranched alkanes of at least 4 members (excludes halogenated alkanes) is 2. The first kappa shape index (κ1) is 13.3. The lowest BCUT2D eigenvalue weighted by Gasteiger charge is -2.11. The molecular weight excluding hydrogens is 176 g/mol. The van der Waals surface area contributed by atoms with Crippen LogP contribution < -0.4 is 0 Å². The highest BCUT2D eigenvalue weighted by atomic mass is 16.5. The highest BCUT2D eigenvalue weighted by Crippen LogP contribution is 2.08. The molecule has 0 bridgehead atoms. The highest BCUT2D eigenvalue weighted by molar-refractivity contribution is 4.94. The summed E-state index contributed by atoms with van der Waals surface area (Å²) in [7, 11) is 0. The lowest BCUT2D eigenvalue weighted by Crippen LogP contribution is -1.99. The van der Waals surface area contributed by atoms with Crippen LogP contribution in [0.1, 0.15) is 53.4 Å². The molecule has 0 heterocycles. The van der Waals surface area contributed by atoms with Gasteiger partial charge in [0.1, 0.15) is 11.5 Å². The van der Waals surface area contributed by atoms with E-state index in [1.54, 1.807) is 0 Å². The Morgan fingerprint density at radius 2 is 1.14 bits per heavy atom. The number of allylic oxidation sites excluding steroid dienone is 2. The minimum atomic E-state index is 0.802. The van der Waals surface area contributed by atoms with E-state index in [-0.39, 0.29) is 0 Å². The first-order valence-corrected chi connectivity index (χ1v) is 5.65. The zero-order valence-corrected chi connectivity index (χ0v) is 10.1. The normalized spacial score (nSPS) is 12.3. The van der Waals surface area contributed by atoms with Gasteiger partial charge in [0.25, 0.3) is 0 Å². The summed E-state index contributed by atoms with van der Waals surface area (Å²) in [4.78, 5) is 0. The minimum absolute atomic E-state index is 0.802. The van der Waals surface area contributed by atoms with Crippen LogP contribution in [0.5, 0.6) is 0 Å². The average Bonchev–Trinajstić information content (AvgIpc) is 2.18. The monoisotopic (exact) mass is 200 g/mol. The molecule has 14 heavy (non-hydrogen) atoms. The van der Waals surface area contributed by atoms with Gasteiger partial charge in [-0.25, -0.2) is 0 Å². The molecule has 0 radical (unpaired) electrons. The molecule has 0 N–H and O–H groups in total. The number of rotatable bonds is 8. The third-order valence-electron chi connectivity index (χ3n) is 2.13. The van der Waals surface area contributed by atoms with Crippen LogP contribution in [0.15, 0.2) is 11.5 Å². The second kappa shape index (κ2) is 8.92. The molecule has 2 heteroatoms. The molecule has 0 aliphatic heterocycles. The largest absolute Gasteiger partial charge is 0.495 e. The predicted octanol–water partition coefficient (Wildman–Crippen LogP) is 3.87. The van der Waals surface area contributed by atoms with Crippen LogP contribution in [-0.2, 0) is 9.47 Å². The summed E-state index contributed by atoms with van der Waals surface area (Å²) >= 11 is 0. The van der Waals surface area contributed by atoms with E-state index in [0.717, 1.165) is 37.6 Å². The van der Waals surface area contributed by atoms with Gasteiger partial charge in [0.05, 0.1) is 13.2 Å². The van der Waals surface area contributed by atoms with Crippen molar-refractivity contribution in [2.24, 2.45) is 0 Å². The maximum absolute atomic E-state index is 5.53. The molecule has 0 aromatic heterocycles. The van der Waals surface area contributed by atoms with Gasteiger partial charge < -0.3 is 9.47 Å². The molecule has 0 unspecified atom stereocenters. The van der Waals surface area contributed by atoms with Crippen molar-refractivity contribution in [2.45, 2.75) is 53.4 Å². The first-order valence-electron chi connectivity index (χ1n) is 5.65. The van der Waals surface area contributed by atoms with Gasteiger partial charge in [-0.1, -0.05) is 26.7 Å². The fourth-order valence-corrected chi connectivity index (χ4v) is 0.942. The molecule has 0 amide bonds. The molecule has 0 saturated heterocycles. The average molecular weight is 200 g/mol. The summed E-state index contributed by atoms with van der Waals surface area (Å²) in [5.74, 6) is 1.85. The van der Waals surface area contributed by atoms with Crippen LogP contribution in [0.3, 0.4) is 0 Å². The Labute approximate surface area is 88.3 Å². The Hall–Kier alpha value is -0.660. The standard InChI is InChI=1S/C12H24O2/c1-5-7-9-13-11(3)12(4)14-10-8-6-2/h5-10H2,1-4H3. The van der Waals surface area contributed by atoms with Gasteiger partial charge in [0.15, 0.2) is 0 Å². The molecule has 0 spiro atoms. The first-order chi connectivity index (χ1) is 6.72. The van der Waals surface area contributed by atoms with Gasteiger partial charge >= 0.3 is 0 Å². The van der Waals surface area contributed by atoms with E-state index in [9.17, 15) is 0 Å². The summed E-state index contributed by atoms with van der Waals surface area (Å²) in [5.41, 5.74) is 0. The van der Waals surface area contributed by atoms with Crippen molar-refractivity contribution in [2.75, 3.05) is 13.2 Å². The van der Waals surface area contributed by atoms with Crippen LogP contribution in [0.4, 0.5) is 0 Å². The zero-order valence-electron chi connectivity index (χ0n) is 10.1. The van der Waals surface area contributed by atoms with Gasteiger partial charge in [0, 0.05) is 0 Å². The summed E-state index contributed by atoms with van der Waals surface area (Å²) < 4.78 is 11.1. The molecule has 0 saturated carbocycles. The van der Waals surface area contributed by atoms with Crippen LogP contribution in [-0.4, -0.2) is 13.2 Å². The minimum Gasteiger partial charge on any atom is -0.495 e. The van der Waals surface area contributed by atoms with Gasteiger partial charge in [-0.2, -0.15) is 0 Å². The van der Waals surface area contributed by atoms with Crippen molar-refractivity contribution < 1.29 is 9.47 Å². The molecule has 0 rings (SSSR count). The van der Waals surface area contributed by atoms with Crippen molar-refractivity contribution in [3.05, 3.63) is 11.5 Å². The Morgan fingerprint density at radius 3 is 1.43 bits per heavy atom. The lowest BCUT2D eigenvalue weighted by atomic mass is 10.3. The molecule has 0 aromatic carbocycles. The van der Waals surface area contributed by atoms with Crippen molar-refractivity contribution in [3.8, 4) is 0 Å². The van der Waals surface area contributed by atoms with E-state index < -0.39 is 0 Å². The molecule has 2 nitrogen and oxygen atoms in total. The SMILES string of the molecule is CCCCOC(C)=C(C)OCCCC. The maximum Gasteiger partial charge on any atom is 0.130 e. The van der Waals surface area contributed by atoms with E-state index >= 15 is 0 Å². The van der Waals surface area contributed by atoms with Crippen LogP contribution >= 0.6 is 0 Å². The van der Waals surface area contributed by atoms with E-state index in [1.807, 2.05) is 13.8 Å². The molecule has 0 aliphatic carbocycles. The van der Waals surface area contributed by atoms with E-state index in [2.05, 4.69) is 13.8 Å². The summed E-state index contributed by atoms with van der Waals surface area (Å²) in [6.07, 6.45) is 4.56. The van der Waals surface area contributed by atoms with Crippen molar-refractivity contribution in [3.63, 3.8) is 0 Å². The number of ether oxygens (including phenoxy) is 2. The highest BCUT2D eigenvalue weighted by Gasteiger charge is 1.98. The predicted molar refractivity (Wildman–Crippen MR) is 60.1 cm³/mol. The second-order valence-corrected chi connectivity index (χ2v) is 3.52. The van der Waals surface area contributed by atoms with Crippen molar-refractivity contribution in [1.29, 1.82) is 0 Å². The van der Waals surface area contributed by atoms with Gasteiger partial charge in [-0.15, -0.1) is 0 Å². The molecule has 0 atom stereocenters. The molecule has 84 valence electrons. The molecule has 0 aromatic rings. The fourth-order valence-electron chi connectivity index (χ4n) is 0.942. The third kappa shape index (κ3) is 6.81. The lowest BCUT2D eigenvalue weighted by molar-refractivity contribution is 0.151. The van der Waals surface area contributed by atoms with E-state index in [4.69, 9.17) is 9.47 Å². The van der Waals surface area contributed by atoms with Crippen molar-refractivity contribution >= 4 is 0 Å². The summed E-state index contributed by atoms with van der Waals surface area (Å²) in [6, 6.07) is 0. The maximum atomic E-state index is 5.53. The van der Waals surface area contributed by atoms with Gasteiger partial charge in [-0.05, 0) is 26.7 Å². The van der Waals surface area contributed by atoms with Crippen LogP contribution in [0.25, 0.3) is 0 Å². The number of hydrogen-bond donors (Lipinski definition) is 0. The Kier molecular flexibility index (Phi) is 8.50. The number of hydrogen-bond acceptors (Lipinski definition) is 2. The summed E-state index contributed by atoms with van der Waals surface area (Å²) in [5, 5.41) is 0. The zero-order chi connectivity index (χ0) is 10.8. The van der Waals surface area contributed by atoms with Crippen LogP contribution in [0.2, 0.25) is 0 Å². The topological polar surface area (TPSA) is 18.5 Å². The Morgan fingerprint density at radius 1 is 0.786 bits per heavy atom. The third-order valence-corrected chi connectivity index (χ3v) is 2.13.